The maximum Gasteiger partial charge on any atom is 0.864 e. The van der Waals surface area contributed by atoms with Gasteiger partial charge in [0.05, 0.1) is 32.6 Å². The molecule has 5 nitrogen and oxygen atoms in total. The van der Waals surface area contributed by atoms with E-state index in [2.05, 4.69) is 6.07 Å². The minimum atomic E-state index is -2.39. The second-order valence-corrected chi connectivity index (χ2v) is 10.8. The van der Waals surface area contributed by atoms with Crippen LogP contribution in [0.25, 0.3) is 0 Å². The van der Waals surface area contributed by atoms with E-state index in [0.717, 1.165) is 12.1 Å². The van der Waals surface area contributed by atoms with E-state index in [4.69, 9.17) is 18.7 Å². The Kier molecular flexibility index (Phi) is 13.3. The fraction of sp³-hybridized carbons (Fsp3) is 0.273. The zero-order valence-corrected chi connectivity index (χ0v) is 27.4. The fourth-order valence-corrected chi connectivity index (χ4v) is 4.73. The van der Waals surface area contributed by atoms with Gasteiger partial charge < -0.3 is 18.7 Å². The molecule has 0 spiro atoms. The average molecular weight is 741 g/mol. The van der Waals surface area contributed by atoms with Gasteiger partial charge in [-0.2, -0.15) is 6.07 Å². The van der Waals surface area contributed by atoms with Gasteiger partial charge in [0.1, 0.15) is 22.8 Å². The van der Waals surface area contributed by atoms with Gasteiger partial charge in [0.2, 0.25) is 5.72 Å². The second kappa shape index (κ2) is 16.6. The van der Waals surface area contributed by atoms with Crippen LogP contribution in [-0.2, 0) is 10.5 Å². The third-order valence-corrected chi connectivity index (χ3v) is 7.88. The summed E-state index contributed by atoms with van der Waals surface area (Å²) in [5.41, 5.74) is -2.45. The van der Waals surface area contributed by atoms with Crippen molar-refractivity contribution in [2.24, 2.45) is 0 Å². The number of nitrogens with zero attached hydrogens (tertiary/aromatic N) is 1. The van der Waals surface area contributed by atoms with Gasteiger partial charge >= 0.3 is 7.32 Å². The van der Waals surface area contributed by atoms with Gasteiger partial charge in [-0.15, -0.1) is 12.1 Å². The smallest absolute Gasteiger partial charge is 0.489 e. The number of hydrogen-bond acceptors (Lipinski definition) is 4. The second-order valence-electron chi connectivity index (χ2n) is 10.8. The number of ether oxygens (including phenoxy) is 1. The van der Waals surface area contributed by atoms with E-state index in [9.17, 15) is 48.3 Å². The Balaban J connectivity index is 0.000000676. The van der Waals surface area contributed by atoms with E-state index in [0.29, 0.717) is 30.3 Å². The van der Waals surface area contributed by atoms with E-state index in [1.165, 1.54) is 6.92 Å². The third kappa shape index (κ3) is 8.84. The molecular formula is C33H28BF12NO4. The molecule has 1 unspecified atom stereocenters. The number of rotatable bonds is 12. The monoisotopic (exact) mass is 741 g/mol. The van der Waals surface area contributed by atoms with Gasteiger partial charge in [0.25, 0.3) is 0 Å². The minimum Gasteiger partial charge on any atom is -0.489 e. The minimum absolute atomic E-state index is 0.0408. The summed E-state index contributed by atoms with van der Waals surface area (Å²) < 4.78 is 185. The van der Waals surface area contributed by atoms with Gasteiger partial charge in [0, 0.05) is 48.9 Å². The molecule has 4 rings (SSSR count). The normalized spacial score (nSPS) is 12.5. The summed E-state index contributed by atoms with van der Waals surface area (Å²) in [6, 6.07) is 5.36. The van der Waals surface area contributed by atoms with Crippen molar-refractivity contribution in [1.29, 1.82) is 0 Å². The van der Waals surface area contributed by atoms with Crippen molar-refractivity contribution in [1.82, 2.24) is 0 Å². The van der Waals surface area contributed by atoms with Gasteiger partial charge in [-0.25, -0.2) is 43.9 Å². The Morgan fingerprint density at radius 2 is 0.961 bits per heavy atom. The molecule has 4 aromatic carbocycles. The van der Waals surface area contributed by atoms with Crippen LogP contribution in [0, 0.1) is 75.9 Å². The third-order valence-electron chi connectivity index (χ3n) is 7.88. The summed E-state index contributed by atoms with van der Waals surface area (Å²) >= 11 is 0. The highest BCUT2D eigenvalue weighted by molar-refractivity contribution is 6.39. The lowest BCUT2D eigenvalue weighted by molar-refractivity contribution is -0.988. The predicted octanol–water partition coefficient (Wildman–Crippen LogP) is 9.06. The largest absolute Gasteiger partial charge is 0.864 e. The van der Waals surface area contributed by atoms with Crippen molar-refractivity contribution in [3.05, 3.63) is 124 Å². The molecule has 51 heavy (non-hydrogen) atoms. The summed E-state index contributed by atoms with van der Waals surface area (Å²) in [6.07, 6.45) is 0. The first-order valence-electron chi connectivity index (χ1n) is 14.8. The molecule has 4 aromatic rings. The van der Waals surface area contributed by atoms with Crippen LogP contribution in [0.1, 0.15) is 33.3 Å². The summed E-state index contributed by atoms with van der Waals surface area (Å²) in [6.45, 7) is 6.93. The van der Waals surface area contributed by atoms with Crippen LogP contribution in [0.5, 0.6) is 17.2 Å². The molecule has 0 amide bonds. The first-order valence-corrected chi connectivity index (χ1v) is 14.8. The van der Waals surface area contributed by atoms with Gasteiger partial charge in [-0.1, -0.05) is 0 Å². The molecule has 0 radical (unpaired) electrons. The molecular weight excluding hydrogens is 713 g/mol. The molecule has 0 saturated heterocycles. The molecule has 1 atom stereocenters. The molecule has 0 N–H and O–H groups in total. The van der Waals surface area contributed by atoms with Crippen molar-refractivity contribution in [2.45, 2.75) is 33.4 Å². The number of halogens is 12. The van der Waals surface area contributed by atoms with Crippen LogP contribution in [0.3, 0.4) is 0 Å². The molecule has 18 heteroatoms. The highest BCUT2D eigenvalue weighted by Gasteiger charge is 2.51. The highest BCUT2D eigenvalue weighted by atomic mass is 19.2. The van der Waals surface area contributed by atoms with E-state index < -0.39 is 106 Å². The topological polar surface area (TPSA) is 36.9 Å². The van der Waals surface area contributed by atoms with Crippen LogP contribution < -0.4 is 14.0 Å². The summed E-state index contributed by atoms with van der Waals surface area (Å²) in [4.78, 5) is 0. The lowest BCUT2D eigenvalue weighted by atomic mass is 9.96. The van der Waals surface area contributed by atoms with Crippen molar-refractivity contribution >= 4 is 7.32 Å². The Hall–Kier alpha value is -4.58. The quantitative estimate of drug-likeness (QED) is 0.0363. The zero-order valence-electron chi connectivity index (χ0n) is 27.4. The summed E-state index contributed by atoms with van der Waals surface area (Å²) in [7, 11) is -0.756. The number of benzene rings is 4. The molecule has 0 saturated carbocycles. The number of quaternary nitrogens is 1. The van der Waals surface area contributed by atoms with Crippen molar-refractivity contribution in [3.8, 4) is 17.2 Å². The SMILES string of the molecule is CCOC(C)(c1c(OB(Oc2cc(F)c(F)c(F)c2)Oc2cc(F)c(F)c(F)c2)cc(F)c(F)c1F)[N+](C)(CC)CC.Fc1c[c-]cc(F)c1F. The van der Waals surface area contributed by atoms with E-state index in [-0.39, 0.29) is 24.2 Å². The first-order chi connectivity index (χ1) is 23.8. The maximum absolute atomic E-state index is 15.6. The Bertz CT molecular complexity index is 1740. The Labute approximate surface area is 284 Å². The Morgan fingerprint density at radius 1 is 0.569 bits per heavy atom. The summed E-state index contributed by atoms with van der Waals surface area (Å²) in [5, 5.41) is 0. The predicted molar refractivity (Wildman–Crippen MR) is 158 cm³/mol. The zero-order chi connectivity index (χ0) is 38.4. The van der Waals surface area contributed by atoms with Gasteiger partial charge in [0.15, 0.2) is 52.4 Å². The lowest BCUT2D eigenvalue weighted by Gasteiger charge is -2.48. The summed E-state index contributed by atoms with van der Waals surface area (Å²) in [5.74, 6) is -22.2. The standard InChI is InChI=1S/C27H26BF9NO4.C6H2F3/c1-6-38(5,7-2)27(4,39-8-3)22-21(13-20(33)25(36)26(22)37)42-28(40-14-9-16(29)23(34)17(30)10-14)41-15-11-18(31)24(35)19(32)12-15;7-4-2-1-3-5(8)6(4)9/h9-13H,6-8H2,1-5H3;2-3H/q+1;-1. The van der Waals surface area contributed by atoms with E-state index in [1.54, 1.807) is 27.8 Å². The van der Waals surface area contributed by atoms with Crippen LogP contribution in [-0.4, -0.2) is 38.5 Å². The molecule has 0 bridgehead atoms. The van der Waals surface area contributed by atoms with Crippen LogP contribution in [0.2, 0.25) is 0 Å². The van der Waals surface area contributed by atoms with Gasteiger partial charge in [-0.3, -0.25) is 13.3 Å². The lowest BCUT2D eigenvalue weighted by Crippen LogP contribution is -2.60. The number of hydrogen-bond donors (Lipinski definition) is 0. The molecule has 0 aliphatic carbocycles. The van der Waals surface area contributed by atoms with E-state index in [1.807, 2.05) is 0 Å². The first kappa shape index (κ1) is 40.9. The van der Waals surface area contributed by atoms with E-state index >= 15 is 4.39 Å². The Morgan fingerprint density at radius 3 is 1.33 bits per heavy atom. The van der Waals surface area contributed by atoms with Crippen LogP contribution >= 0.6 is 0 Å². The van der Waals surface area contributed by atoms with Crippen LogP contribution in [0.15, 0.2) is 42.5 Å². The molecule has 0 heterocycles. The molecule has 0 aliphatic heterocycles. The van der Waals surface area contributed by atoms with Crippen molar-refractivity contribution in [2.75, 3.05) is 26.7 Å². The average Bonchev–Trinajstić information content (AvgIpc) is 3.07. The molecule has 276 valence electrons. The van der Waals surface area contributed by atoms with Crippen LogP contribution in [0.4, 0.5) is 52.7 Å². The van der Waals surface area contributed by atoms with Crippen molar-refractivity contribution < 1.29 is 75.9 Å². The fourth-order valence-electron chi connectivity index (χ4n) is 4.73. The molecule has 0 fully saturated rings. The maximum atomic E-state index is 15.6. The highest BCUT2D eigenvalue weighted by Crippen LogP contribution is 2.43. The van der Waals surface area contributed by atoms with Gasteiger partial charge in [-0.05, 0) is 20.8 Å². The molecule has 0 aromatic heterocycles. The van der Waals surface area contributed by atoms with Crippen molar-refractivity contribution in [3.63, 3.8) is 0 Å². The molecule has 0 aliphatic rings.